The predicted molar refractivity (Wildman–Crippen MR) is 126 cm³/mol. The van der Waals surface area contributed by atoms with Gasteiger partial charge in [0.1, 0.15) is 6.61 Å². The largest absolute Gasteiger partial charge is 0.449 e. The lowest BCUT2D eigenvalue weighted by Crippen LogP contribution is -2.26. The van der Waals surface area contributed by atoms with E-state index in [1.807, 2.05) is 50.2 Å². The Balaban J connectivity index is 1.30. The number of nitrogens with one attached hydrogen (secondary N) is 1. The molecule has 0 fully saturated rings. The lowest BCUT2D eigenvalue weighted by Gasteiger charge is -2.14. The molecule has 1 amide bonds. The number of Topliss-reactive ketones (excluding diaryl/α,β-unsaturated/α-hetero) is 1. The van der Waals surface area contributed by atoms with Crippen molar-refractivity contribution in [2.45, 2.75) is 19.8 Å². The Kier molecular flexibility index (Phi) is 6.37. The third kappa shape index (κ3) is 4.58. The number of carbonyl (C=O) groups is 2. The lowest BCUT2D eigenvalue weighted by atomic mass is 9.98. The fraction of sp³-hybridized carbons (Fsp3) is 0.214. The summed E-state index contributed by atoms with van der Waals surface area (Å²) < 4.78 is 5.50. The van der Waals surface area contributed by atoms with E-state index >= 15 is 0 Å². The number of fused-ring (bicyclic) bond motifs is 3. The Morgan fingerprint density at radius 1 is 0.906 bits per heavy atom. The highest BCUT2D eigenvalue weighted by Gasteiger charge is 2.28. The Labute approximate surface area is 188 Å². The molecule has 0 heterocycles. The molecule has 0 aliphatic heterocycles. The van der Waals surface area contributed by atoms with E-state index in [2.05, 4.69) is 41.4 Å². The summed E-state index contributed by atoms with van der Waals surface area (Å²) in [7, 11) is 0. The summed E-state index contributed by atoms with van der Waals surface area (Å²) in [6, 6.07) is 23.7. The minimum atomic E-state index is -0.487. The molecule has 1 aliphatic rings. The second-order valence-corrected chi connectivity index (χ2v) is 8.08. The van der Waals surface area contributed by atoms with Gasteiger partial charge in [-0.1, -0.05) is 86.4 Å². The van der Waals surface area contributed by atoms with Crippen LogP contribution in [0.25, 0.3) is 11.1 Å². The van der Waals surface area contributed by atoms with Crippen molar-refractivity contribution in [1.29, 1.82) is 0 Å². The molecule has 1 N–H and O–H groups in total. The fourth-order valence-electron chi connectivity index (χ4n) is 3.96. The van der Waals surface area contributed by atoms with Gasteiger partial charge in [0.25, 0.3) is 0 Å². The van der Waals surface area contributed by atoms with Crippen LogP contribution in [0.1, 0.15) is 46.8 Å². The van der Waals surface area contributed by atoms with E-state index in [9.17, 15) is 9.59 Å². The highest BCUT2D eigenvalue weighted by Crippen LogP contribution is 2.44. The molecular formula is C28H25NO3. The van der Waals surface area contributed by atoms with Crippen molar-refractivity contribution < 1.29 is 14.3 Å². The number of amides is 1. The Hall–Kier alpha value is -3.84. The molecular weight excluding hydrogens is 398 g/mol. The molecule has 160 valence electrons. The molecule has 1 aliphatic carbocycles. The van der Waals surface area contributed by atoms with Crippen LogP contribution in [0.4, 0.5) is 4.79 Å². The van der Waals surface area contributed by atoms with Crippen LogP contribution in [0.15, 0.2) is 72.8 Å². The zero-order chi connectivity index (χ0) is 22.5. The third-order valence-electron chi connectivity index (χ3n) is 5.59. The number of hydrogen-bond donors (Lipinski definition) is 1. The molecule has 0 unspecified atom stereocenters. The normalized spacial score (nSPS) is 11.8. The van der Waals surface area contributed by atoms with E-state index in [-0.39, 0.29) is 30.8 Å². The van der Waals surface area contributed by atoms with Gasteiger partial charge >= 0.3 is 6.09 Å². The molecule has 3 aromatic rings. The number of ether oxygens (including phenoxy) is 1. The van der Waals surface area contributed by atoms with E-state index in [0.29, 0.717) is 5.56 Å². The number of alkyl carbamates (subject to hydrolysis) is 1. The second kappa shape index (κ2) is 9.53. The maximum atomic E-state index is 12.2. The van der Waals surface area contributed by atoms with Crippen LogP contribution >= 0.6 is 0 Å². The van der Waals surface area contributed by atoms with Crippen molar-refractivity contribution in [2.75, 3.05) is 13.2 Å². The zero-order valence-electron chi connectivity index (χ0n) is 18.2. The molecule has 0 bridgehead atoms. The SMILES string of the molecule is CC(C)C(=O)c1ccc(C#CCNC(=O)OCC2c3ccccc3-c3ccccc32)cc1. The maximum absolute atomic E-state index is 12.2. The third-order valence-corrected chi connectivity index (χ3v) is 5.59. The number of carbonyl (C=O) groups excluding carboxylic acids is 2. The van der Waals surface area contributed by atoms with E-state index < -0.39 is 6.09 Å². The monoisotopic (exact) mass is 423 g/mol. The van der Waals surface area contributed by atoms with Crippen molar-refractivity contribution >= 4 is 11.9 Å². The van der Waals surface area contributed by atoms with Gasteiger partial charge in [0.05, 0.1) is 6.54 Å². The minimum absolute atomic E-state index is 0.0336. The molecule has 0 radical (unpaired) electrons. The average Bonchev–Trinajstić information content (AvgIpc) is 3.14. The van der Waals surface area contributed by atoms with Gasteiger partial charge in [-0.2, -0.15) is 0 Å². The number of benzene rings is 3. The van der Waals surface area contributed by atoms with Crippen LogP contribution in [0, 0.1) is 17.8 Å². The van der Waals surface area contributed by atoms with Gasteiger partial charge < -0.3 is 10.1 Å². The Bertz CT molecular complexity index is 1150. The van der Waals surface area contributed by atoms with Gasteiger partial charge in [-0.25, -0.2) is 4.79 Å². The quantitative estimate of drug-likeness (QED) is 0.441. The first-order valence-corrected chi connectivity index (χ1v) is 10.8. The predicted octanol–water partition coefficient (Wildman–Crippen LogP) is 5.42. The minimum Gasteiger partial charge on any atom is -0.449 e. The topological polar surface area (TPSA) is 55.4 Å². The standard InChI is InChI=1S/C28H25NO3/c1-19(2)27(30)21-15-13-20(14-16-21)8-7-17-29-28(31)32-18-26-24-11-5-3-9-22(24)23-10-4-6-12-25(23)26/h3-6,9-16,19,26H,17-18H2,1-2H3,(H,29,31). The molecule has 4 rings (SSSR count). The molecule has 0 saturated heterocycles. The van der Waals surface area contributed by atoms with E-state index in [1.165, 1.54) is 22.3 Å². The van der Waals surface area contributed by atoms with E-state index in [4.69, 9.17) is 4.74 Å². The van der Waals surface area contributed by atoms with Gasteiger partial charge in [0.2, 0.25) is 0 Å². The second-order valence-electron chi connectivity index (χ2n) is 8.08. The van der Waals surface area contributed by atoms with Crippen LogP contribution in [0.3, 0.4) is 0 Å². The number of ketones is 1. The van der Waals surface area contributed by atoms with Crippen molar-refractivity contribution in [3.8, 4) is 23.0 Å². The van der Waals surface area contributed by atoms with Crippen molar-refractivity contribution in [2.24, 2.45) is 5.92 Å². The first-order valence-electron chi connectivity index (χ1n) is 10.8. The van der Waals surface area contributed by atoms with Crippen molar-refractivity contribution in [3.63, 3.8) is 0 Å². The summed E-state index contributed by atoms with van der Waals surface area (Å²) in [6.45, 7) is 4.22. The highest BCUT2D eigenvalue weighted by atomic mass is 16.5. The smallest absolute Gasteiger partial charge is 0.407 e. The fourth-order valence-corrected chi connectivity index (χ4v) is 3.96. The number of hydrogen-bond acceptors (Lipinski definition) is 3. The van der Waals surface area contributed by atoms with Crippen molar-refractivity contribution in [1.82, 2.24) is 5.32 Å². The lowest BCUT2D eigenvalue weighted by molar-refractivity contribution is 0.0939. The van der Waals surface area contributed by atoms with Gasteiger partial charge in [-0.15, -0.1) is 0 Å². The summed E-state index contributed by atoms with van der Waals surface area (Å²) >= 11 is 0. The van der Waals surface area contributed by atoms with Crippen LogP contribution < -0.4 is 5.32 Å². The molecule has 0 aromatic heterocycles. The molecule has 0 atom stereocenters. The first-order chi connectivity index (χ1) is 15.5. The molecule has 0 spiro atoms. The van der Waals surface area contributed by atoms with E-state index in [0.717, 1.165) is 5.56 Å². The summed E-state index contributed by atoms with van der Waals surface area (Å²) in [5.74, 6) is 6.02. The molecule has 32 heavy (non-hydrogen) atoms. The van der Waals surface area contributed by atoms with Crippen LogP contribution in [0.5, 0.6) is 0 Å². The van der Waals surface area contributed by atoms with Crippen LogP contribution in [-0.2, 0) is 4.74 Å². The molecule has 4 heteroatoms. The van der Waals surface area contributed by atoms with Crippen LogP contribution in [-0.4, -0.2) is 25.0 Å². The van der Waals surface area contributed by atoms with Gasteiger partial charge in [-0.05, 0) is 34.4 Å². The van der Waals surface area contributed by atoms with Gasteiger partial charge in [0.15, 0.2) is 5.78 Å². The summed E-state index contributed by atoms with van der Waals surface area (Å²) in [4.78, 5) is 24.2. The van der Waals surface area contributed by atoms with Gasteiger partial charge in [0, 0.05) is 23.0 Å². The maximum Gasteiger partial charge on any atom is 0.407 e. The summed E-state index contributed by atoms with van der Waals surface area (Å²) in [5, 5.41) is 2.68. The molecule has 4 nitrogen and oxygen atoms in total. The summed E-state index contributed by atoms with van der Waals surface area (Å²) in [5.41, 5.74) is 6.23. The average molecular weight is 424 g/mol. The number of rotatable bonds is 5. The Morgan fingerprint density at radius 2 is 1.50 bits per heavy atom. The van der Waals surface area contributed by atoms with Crippen LogP contribution in [0.2, 0.25) is 0 Å². The molecule has 3 aromatic carbocycles. The van der Waals surface area contributed by atoms with E-state index in [1.54, 1.807) is 12.1 Å². The van der Waals surface area contributed by atoms with Crippen molar-refractivity contribution in [3.05, 3.63) is 95.1 Å². The summed E-state index contributed by atoms with van der Waals surface area (Å²) in [6.07, 6.45) is -0.487. The Morgan fingerprint density at radius 3 is 2.09 bits per heavy atom. The molecule has 0 saturated carbocycles. The van der Waals surface area contributed by atoms with Gasteiger partial charge in [-0.3, -0.25) is 4.79 Å². The zero-order valence-corrected chi connectivity index (χ0v) is 18.2. The first kappa shape index (κ1) is 21.4. The highest BCUT2D eigenvalue weighted by molar-refractivity contribution is 5.97.